The third kappa shape index (κ3) is 4.81. The molecular formula is C18H20N2O4. The first-order valence-corrected chi connectivity index (χ1v) is 7.79. The summed E-state index contributed by atoms with van der Waals surface area (Å²) in [5, 5.41) is 11.0. The molecule has 0 heterocycles. The Morgan fingerprint density at radius 3 is 2.46 bits per heavy atom. The van der Waals surface area contributed by atoms with Gasteiger partial charge < -0.3 is 9.64 Å². The molecule has 2 rings (SSSR count). The Bertz CT molecular complexity index is 688. The number of carbonyl (C=O) groups excluding carboxylic acids is 1. The first-order valence-electron chi connectivity index (χ1n) is 7.79. The first-order chi connectivity index (χ1) is 11.6. The summed E-state index contributed by atoms with van der Waals surface area (Å²) < 4.78 is 5.39. The monoisotopic (exact) mass is 328 g/mol. The maximum Gasteiger partial charge on any atom is 0.310 e. The molecule has 0 aliphatic carbocycles. The Hall–Kier alpha value is -2.89. The van der Waals surface area contributed by atoms with Crippen LogP contribution in [0.5, 0.6) is 5.75 Å². The number of ether oxygens (including phenoxy) is 1. The van der Waals surface area contributed by atoms with Gasteiger partial charge in [0.1, 0.15) is 0 Å². The lowest BCUT2D eigenvalue weighted by Crippen LogP contribution is -2.35. The zero-order valence-electron chi connectivity index (χ0n) is 13.6. The van der Waals surface area contributed by atoms with E-state index in [-0.39, 0.29) is 24.0 Å². The lowest BCUT2D eigenvalue weighted by Gasteiger charge is -2.22. The summed E-state index contributed by atoms with van der Waals surface area (Å²) in [5.41, 5.74) is 0.889. The van der Waals surface area contributed by atoms with Crippen molar-refractivity contribution in [2.24, 2.45) is 0 Å². The lowest BCUT2D eigenvalue weighted by atomic mass is 10.2. The average Bonchev–Trinajstić information content (AvgIpc) is 2.60. The SMILES string of the molecule is CCCN(Cc1ccccc1)C(=O)COc1ccccc1[N+](=O)[O-]. The summed E-state index contributed by atoms with van der Waals surface area (Å²) >= 11 is 0. The highest BCUT2D eigenvalue weighted by molar-refractivity contribution is 5.78. The molecule has 6 heteroatoms. The molecule has 0 unspecified atom stereocenters. The van der Waals surface area contributed by atoms with E-state index in [2.05, 4.69) is 0 Å². The molecule has 0 aliphatic heterocycles. The summed E-state index contributed by atoms with van der Waals surface area (Å²) in [5.74, 6) is -0.0918. The fraction of sp³-hybridized carbons (Fsp3) is 0.278. The molecule has 0 fully saturated rings. The van der Waals surface area contributed by atoms with Crippen molar-refractivity contribution in [1.29, 1.82) is 0 Å². The van der Waals surface area contributed by atoms with Crippen molar-refractivity contribution in [3.05, 3.63) is 70.3 Å². The minimum atomic E-state index is -0.520. The third-order valence-corrected chi connectivity index (χ3v) is 3.48. The molecule has 1 amide bonds. The molecule has 6 nitrogen and oxygen atoms in total. The summed E-state index contributed by atoms with van der Waals surface area (Å²) in [7, 11) is 0. The number of para-hydroxylation sites is 2. The zero-order valence-corrected chi connectivity index (χ0v) is 13.6. The normalized spacial score (nSPS) is 10.2. The number of benzene rings is 2. The van der Waals surface area contributed by atoms with Crippen LogP contribution in [0.1, 0.15) is 18.9 Å². The highest BCUT2D eigenvalue weighted by Gasteiger charge is 2.18. The van der Waals surface area contributed by atoms with Gasteiger partial charge in [0.2, 0.25) is 0 Å². The molecular weight excluding hydrogens is 308 g/mol. The maximum absolute atomic E-state index is 12.4. The van der Waals surface area contributed by atoms with Crippen LogP contribution in [0.15, 0.2) is 54.6 Å². The number of hydrogen-bond donors (Lipinski definition) is 0. The maximum atomic E-state index is 12.4. The number of carbonyl (C=O) groups is 1. The second kappa shape index (κ2) is 8.67. The molecule has 24 heavy (non-hydrogen) atoms. The molecule has 0 bridgehead atoms. The van der Waals surface area contributed by atoms with E-state index in [1.54, 1.807) is 17.0 Å². The second-order valence-corrected chi connectivity index (χ2v) is 5.31. The van der Waals surface area contributed by atoms with Gasteiger partial charge in [-0.25, -0.2) is 0 Å². The van der Waals surface area contributed by atoms with Gasteiger partial charge in [-0.05, 0) is 18.1 Å². The molecule has 0 saturated heterocycles. The van der Waals surface area contributed by atoms with Crippen LogP contribution in [-0.2, 0) is 11.3 Å². The molecule has 0 spiro atoms. The van der Waals surface area contributed by atoms with E-state index in [1.165, 1.54) is 12.1 Å². The van der Waals surface area contributed by atoms with Gasteiger partial charge in [0, 0.05) is 19.2 Å². The van der Waals surface area contributed by atoms with Crippen LogP contribution >= 0.6 is 0 Å². The Balaban J connectivity index is 2.02. The second-order valence-electron chi connectivity index (χ2n) is 5.31. The minimum absolute atomic E-state index is 0.104. The van der Waals surface area contributed by atoms with Crippen LogP contribution in [0, 0.1) is 10.1 Å². The summed E-state index contributed by atoms with van der Waals surface area (Å²) in [6, 6.07) is 15.7. The summed E-state index contributed by atoms with van der Waals surface area (Å²) in [6.45, 7) is 2.87. The highest BCUT2D eigenvalue weighted by atomic mass is 16.6. The zero-order chi connectivity index (χ0) is 17.4. The Labute approximate surface area is 140 Å². The van der Waals surface area contributed by atoms with Gasteiger partial charge in [-0.1, -0.05) is 49.4 Å². The molecule has 0 radical (unpaired) electrons. The molecule has 126 valence electrons. The number of rotatable bonds is 8. The van der Waals surface area contributed by atoms with Crippen LogP contribution in [0.3, 0.4) is 0 Å². The third-order valence-electron chi connectivity index (χ3n) is 3.48. The standard InChI is InChI=1S/C18H20N2O4/c1-2-12-19(13-15-8-4-3-5-9-15)18(21)14-24-17-11-7-6-10-16(17)20(22)23/h3-11H,2,12-14H2,1H3. The van der Waals surface area contributed by atoms with E-state index in [9.17, 15) is 14.9 Å². The Morgan fingerprint density at radius 1 is 1.12 bits per heavy atom. The smallest absolute Gasteiger partial charge is 0.310 e. The van der Waals surface area contributed by atoms with Crippen molar-refractivity contribution < 1.29 is 14.5 Å². The molecule has 0 saturated carbocycles. The van der Waals surface area contributed by atoms with E-state index >= 15 is 0 Å². The van der Waals surface area contributed by atoms with Gasteiger partial charge in [0.25, 0.3) is 5.91 Å². The van der Waals surface area contributed by atoms with Crippen molar-refractivity contribution >= 4 is 11.6 Å². The van der Waals surface area contributed by atoms with Gasteiger partial charge in [0.15, 0.2) is 12.4 Å². The van der Waals surface area contributed by atoms with Crippen LogP contribution in [0.4, 0.5) is 5.69 Å². The van der Waals surface area contributed by atoms with Crippen LogP contribution in [0.2, 0.25) is 0 Å². The van der Waals surface area contributed by atoms with Gasteiger partial charge >= 0.3 is 5.69 Å². The van der Waals surface area contributed by atoms with Crippen molar-refractivity contribution in [2.45, 2.75) is 19.9 Å². The number of nitro groups is 1. The van der Waals surface area contributed by atoms with Gasteiger partial charge in [0.05, 0.1) is 4.92 Å². The quantitative estimate of drug-likeness (QED) is 0.550. The van der Waals surface area contributed by atoms with Gasteiger partial charge in [-0.2, -0.15) is 0 Å². The van der Waals surface area contributed by atoms with E-state index in [1.807, 2.05) is 37.3 Å². The van der Waals surface area contributed by atoms with E-state index in [0.29, 0.717) is 13.1 Å². The fourth-order valence-corrected chi connectivity index (χ4v) is 2.33. The predicted octanol–water partition coefficient (Wildman–Crippen LogP) is 3.41. The fourth-order valence-electron chi connectivity index (χ4n) is 2.33. The summed E-state index contributed by atoms with van der Waals surface area (Å²) in [6.07, 6.45) is 0.823. The topological polar surface area (TPSA) is 72.7 Å². The number of hydrogen-bond acceptors (Lipinski definition) is 4. The van der Waals surface area contributed by atoms with Crippen molar-refractivity contribution in [1.82, 2.24) is 4.90 Å². The largest absolute Gasteiger partial charge is 0.477 e. The van der Waals surface area contributed by atoms with E-state index < -0.39 is 4.92 Å². The number of nitrogens with zero attached hydrogens (tertiary/aromatic N) is 2. The average molecular weight is 328 g/mol. The first kappa shape index (κ1) is 17.5. The van der Waals surface area contributed by atoms with Crippen molar-refractivity contribution in [3.63, 3.8) is 0 Å². The molecule has 0 aliphatic rings. The van der Waals surface area contributed by atoms with Crippen LogP contribution in [-0.4, -0.2) is 28.9 Å². The molecule has 0 aromatic heterocycles. The Morgan fingerprint density at radius 2 is 1.79 bits per heavy atom. The predicted molar refractivity (Wildman–Crippen MR) is 90.7 cm³/mol. The number of amides is 1. The van der Waals surface area contributed by atoms with Crippen LogP contribution in [0.25, 0.3) is 0 Å². The van der Waals surface area contributed by atoms with Gasteiger partial charge in [-0.3, -0.25) is 14.9 Å². The minimum Gasteiger partial charge on any atom is -0.477 e. The number of nitro benzene ring substituents is 1. The van der Waals surface area contributed by atoms with E-state index in [4.69, 9.17) is 4.74 Å². The van der Waals surface area contributed by atoms with Crippen LogP contribution < -0.4 is 4.74 Å². The summed E-state index contributed by atoms with van der Waals surface area (Å²) in [4.78, 5) is 24.6. The molecule has 0 N–H and O–H groups in total. The molecule has 2 aromatic carbocycles. The highest BCUT2D eigenvalue weighted by Crippen LogP contribution is 2.25. The van der Waals surface area contributed by atoms with Crippen molar-refractivity contribution in [2.75, 3.05) is 13.2 Å². The van der Waals surface area contributed by atoms with Gasteiger partial charge in [-0.15, -0.1) is 0 Å². The molecule has 2 aromatic rings. The lowest BCUT2D eigenvalue weighted by molar-refractivity contribution is -0.385. The Kier molecular flexibility index (Phi) is 6.31. The van der Waals surface area contributed by atoms with Crippen molar-refractivity contribution in [3.8, 4) is 5.75 Å². The molecule has 0 atom stereocenters. The van der Waals surface area contributed by atoms with E-state index in [0.717, 1.165) is 12.0 Å².